The highest BCUT2D eigenvalue weighted by molar-refractivity contribution is 5.85. The summed E-state index contributed by atoms with van der Waals surface area (Å²) >= 11 is 0. The van der Waals surface area contributed by atoms with E-state index in [1.807, 2.05) is 4.90 Å². The van der Waals surface area contributed by atoms with E-state index in [1.165, 1.54) is 26.4 Å². The Hall–Kier alpha value is -1.31. The Morgan fingerprint density at radius 3 is 2.13 bits per heavy atom. The van der Waals surface area contributed by atoms with E-state index in [9.17, 15) is 13.9 Å². The van der Waals surface area contributed by atoms with Crippen LogP contribution in [0.4, 0.5) is 8.78 Å². The van der Waals surface area contributed by atoms with Crippen molar-refractivity contribution in [3.05, 3.63) is 17.7 Å². The number of hydrogen-bond acceptors (Lipinski definition) is 5. The van der Waals surface area contributed by atoms with Crippen molar-refractivity contribution < 1.29 is 23.4 Å². The molecule has 1 aromatic carbocycles. The molecule has 1 aromatic rings. The fourth-order valence-corrected chi connectivity index (χ4v) is 2.87. The number of halogens is 3. The molecule has 2 rings (SSSR count). The first kappa shape index (κ1) is 19.7. The zero-order chi connectivity index (χ0) is 16.1. The molecule has 1 saturated heterocycles. The molecule has 0 unspecified atom stereocenters. The molecular weight excluding hydrogens is 330 g/mol. The Morgan fingerprint density at radius 1 is 1.17 bits per heavy atom. The number of ether oxygens (including phenoxy) is 2. The highest BCUT2D eigenvalue weighted by atomic mass is 35.5. The predicted octanol–water partition coefficient (Wildman–Crippen LogP) is 2.43. The van der Waals surface area contributed by atoms with Crippen molar-refractivity contribution in [2.45, 2.75) is 18.9 Å². The van der Waals surface area contributed by atoms with E-state index >= 15 is 0 Å². The SMILES string of the molecule is COc1cc(O)cc(OC)c1[C@@H](CC(F)F)N1CCNCC1.Cl. The smallest absolute Gasteiger partial charge is 0.240 e. The number of phenols is 1. The van der Waals surface area contributed by atoms with E-state index in [1.54, 1.807) is 0 Å². The average molecular weight is 353 g/mol. The van der Waals surface area contributed by atoms with Crippen LogP contribution < -0.4 is 14.8 Å². The molecule has 0 spiro atoms. The summed E-state index contributed by atoms with van der Waals surface area (Å²) in [4.78, 5) is 2.00. The summed E-state index contributed by atoms with van der Waals surface area (Å²) < 4.78 is 36.8. The predicted molar refractivity (Wildman–Crippen MR) is 86.3 cm³/mol. The van der Waals surface area contributed by atoms with Gasteiger partial charge in [0.1, 0.15) is 17.2 Å². The summed E-state index contributed by atoms with van der Waals surface area (Å²) in [6.45, 7) is 2.85. The zero-order valence-electron chi connectivity index (χ0n) is 13.2. The lowest BCUT2D eigenvalue weighted by atomic mass is 9.98. The van der Waals surface area contributed by atoms with Crippen LogP contribution in [0.25, 0.3) is 0 Å². The van der Waals surface area contributed by atoms with Gasteiger partial charge in [0.15, 0.2) is 0 Å². The summed E-state index contributed by atoms with van der Waals surface area (Å²) in [7, 11) is 2.91. The number of nitrogens with zero attached hydrogens (tertiary/aromatic N) is 1. The number of aromatic hydroxyl groups is 1. The lowest BCUT2D eigenvalue weighted by Crippen LogP contribution is -2.45. The highest BCUT2D eigenvalue weighted by Crippen LogP contribution is 2.42. The molecule has 1 aliphatic heterocycles. The second-order valence-corrected chi connectivity index (χ2v) is 5.19. The van der Waals surface area contributed by atoms with Crippen LogP contribution in [0.3, 0.4) is 0 Å². The van der Waals surface area contributed by atoms with Gasteiger partial charge in [-0.3, -0.25) is 4.90 Å². The van der Waals surface area contributed by atoms with Crippen molar-refractivity contribution in [1.29, 1.82) is 0 Å². The van der Waals surface area contributed by atoms with Gasteiger partial charge in [0.05, 0.1) is 19.8 Å². The summed E-state index contributed by atoms with van der Waals surface area (Å²) in [6, 6.07) is 2.34. The van der Waals surface area contributed by atoms with E-state index in [0.717, 1.165) is 13.1 Å². The first-order valence-electron chi connectivity index (χ1n) is 7.24. The maximum absolute atomic E-state index is 13.1. The van der Waals surface area contributed by atoms with Gasteiger partial charge in [-0.15, -0.1) is 12.4 Å². The molecule has 1 aliphatic rings. The molecule has 1 fully saturated rings. The van der Waals surface area contributed by atoms with Crippen LogP contribution in [0.2, 0.25) is 0 Å². The number of benzene rings is 1. The van der Waals surface area contributed by atoms with Gasteiger partial charge in [-0.25, -0.2) is 8.78 Å². The molecule has 1 atom stereocenters. The Balaban J connectivity index is 0.00000264. The maximum atomic E-state index is 13.1. The van der Waals surface area contributed by atoms with E-state index in [4.69, 9.17) is 9.47 Å². The topological polar surface area (TPSA) is 54.0 Å². The number of rotatable bonds is 6. The maximum Gasteiger partial charge on any atom is 0.240 e. The molecule has 0 saturated carbocycles. The molecule has 5 nitrogen and oxygen atoms in total. The molecule has 0 aliphatic carbocycles. The normalized spacial score (nSPS) is 16.7. The van der Waals surface area contributed by atoms with Crippen LogP contribution in [0.5, 0.6) is 17.2 Å². The van der Waals surface area contributed by atoms with Gasteiger partial charge in [0.25, 0.3) is 0 Å². The van der Waals surface area contributed by atoms with Gasteiger partial charge >= 0.3 is 0 Å². The zero-order valence-corrected chi connectivity index (χ0v) is 14.0. The monoisotopic (exact) mass is 352 g/mol. The Bertz CT molecular complexity index is 475. The molecule has 23 heavy (non-hydrogen) atoms. The highest BCUT2D eigenvalue weighted by Gasteiger charge is 2.31. The molecule has 132 valence electrons. The lowest BCUT2D eigenvalue weighted by molar-refractivity contribution is 0.0718. The van der Waals surface area contributed by atoms with Gasteiger partial charge in [0, 0.05) is 50.8 Å². The van der Waals surface area contributed by atoms with Gasteiger partial charge in [-0.1, -0.05) is 0 Å². The summed E-state index contributed by atoms with van der Waals surface area (Å²) in [5.74, 6) is 0.704. The molecule has 8 heteroatoms. The first-order chi connectivity index (χ1) is 10.6. The summed E-state index contributed by atoms with van der Waals surface area (Å²) in [5, 5.41) is 12.9. The molecule has 0 amide bonds. The second kappa shape index (κ2) is 9.10. The van der Waals surface area contributed by atoms with E-state index in [2.05, 4.69) is 5.32 Å². The molecule has 2 N–H and O–H groups in total. The van der Waals surface area contributed by atoms with Crippen molar-refractivity contribution in [3.8, 4) is 17.2 Å². The fraction of sp³-hybridized carbons (Fsp3) is 0.600. The Morgan fingerprint density at radius 2 is 1.70 bits per heavy atom. The van der Waals surface area contributed by atoms with Gasteiger partial charge in [-0.2, -0.15) is 0 Å². The molecule has 0 aromatic heterocycles. The molecule has 1 heterocycles. The molecular formula is C15H23ClF2N2O3. The van der Waals surface area contributed by atoms with Crippen LogP contribution in [0, 0.1) is 0 Å². The minimum atomic E-state index is -2.44. The van der Waals surface area contributed by atoms with E-state index in [0.29, 0.717) is 30.2 Å². The van der Waals surface area contributed by atoms with Crippen molar-refractivity contribution in [2.24, 2.45) is 0 Å². The third-order valence-electron chi connectivity index (χ3n) is 3.86. The first-order valence-corrected chi connectivity index (χ1v) is 7.24. The number of alkyl halides is 2. The van der Waals surface area contributed by atoms with Gasteiger partial charge < -0.3 is 19.9 Å². The third kappa shape index (κ3) is 4.83. The third-order valence-corrected chi connectivity index (χ3v) is 3.86. The quantitative estimate of drug-likeness (QED) is 0.823. The average Bonchev–Trinajstić information content (AvgIpc) is 2.52. The standard InChI is InChI=1S/C15H22F2N2O3.ClH/c1-21-12-7-10(20)8-13(22-2)15(12)11(9-14(16)17)19-5-3-18-4-6-19;/h7-8,11,14,18,20H,3-6,9H2,1-2H3;1H/t11-;/m1./s1. The minimum Gasteiger partial charge on any atom is -0.508 e. The Kier molecular flexibility index (Phi) is 7.81. The van der Waals surface area contributed by atoms with E-state index in [-0.39, 0.29) is 24.6 Å². The number of hydrogen-bond donors (Lipinski definition) is 2. The van der Waals surface area contributed by atoms with Crippen molar-refractivity contribution in [3.63, 3.8) is 0 Å². The van der Waals surface area contributed by atoms with Crippen molar-refractivity contribution in [2.75, 3.05) is 40.4 Å². The lowest BCUT2D eigenvalue weighted by Gasteiger charge is -2.36. The molecule has 0 bridgehead atoms. The number of methoxy groups -OCH3 is 2. The Labute approximate surface area is 141 Å². The van der Waals surface area contributed by atoms with Crippen LogP contribution in [-0.2, 0) is 0 Å². The van der Waals surface area contributed by atoms with Crippen molar-refractivity contribution >= 4 is 12.4 Å². The summed E-state index contributed by atoms with van der Waals surface area (Å²) in [5.41, 5.74) is 0.560. The van der Waals surface area contributed by atoms with Gasteiger partial charge in [0.2, 0.25) is 6.43 Å². The number of piperazine rings is 1. The van der Waals surface area contributed by atoms with E-state index < -0.39 is 12.5 Å². The summed E-state index contributed by atoms with van der Waals surface area (Å²) in [6.07, 6.45) is -2.75. The minimum absolute atomic E-state index is 0. The van der Waals surface area contributed by atoms with Crippen LogP contribution in [0.1, 0.15) is 18.0 Å². The van der Waals surface area contributed by atoms with Crippen LogP contribution in [0.15, 0.2) is 12.1 Å². The second-order valence-electron chi connectivity index (χ2n) is 5.19. The van der Waals surface area contributed by atoms with Crippen LogP contribution in [-0.4, -0.2) is 56.8 Å². The fourth-order valence-electron chi connectivity index (χ4n) is 2.87. The van der Waals surface area contributed by atoms with Crippen molar-refractivity contribution in [1.82, 2.24) is 10.2 Å². The molecule has 0 radical (unpaired) electrons. The number of phenolic OH excluding ortho intramolecular Hbond substituents is 1. The van der Waals surface area contributed by atoms with Crippen LogP contribution >= 0.6 is 12.4 Å². The van der Waals surface area contributed by atoms with Gasteiger partial charge in [-0.05, 0) is 0 Å². The largest absolute Gasteiger partial charge is 0.508 e. The number of nitrogens with one attached hydrogen (secondary N) is 1.